The van der Waals surface area contributed by atoms with E-state index in [9.17, 15) is 4.79 Å². The molecule has 1 aromatic carbocycles. The van der Waals surface area contributed by atoms with Crippen molar-refractivity contribution in [3.63, 3.8) is 0 Å². The Morgan fingerprint density at radius 1 is 1.04 bits per heavy atom. The number of anilines is 1. The minimum Gasteiger partial charge on any atom is -0.325 e. The molecule has 0 aromatic heterocycles. The molecule has 0 radical (unpaired) electrons. The molecule has 1 aromatic rings. The van der Waals surface area contributed by atoms with E-state index in [1.165, 1.54) is 44.3 Å². The van der Waals surface area contributed by atoms with E-state index in [0.717, 1.165) is 31.6 Å². The van der Waals surface area contributed by atoms with E-state index in [4.69, 9.17) is 0 Å². The number of rotatable bonds is 4. The third kappa shape index (κ3) is 6.25. The van der Waals surface area contributed by atoms with E-state index in [1.54, 1.807) is 0 Å². The molecule has 3 rings (SSSR count). The number of halogens is 2. The quantitative estimate of drug-likeness (QED) is 0.847. The summed E-state index contributed by atoms with van der Waals surface area (Å²) in [6.45, 7) is 4.41. The normalized spacial score (nSPS) is 21.2. The van der Waals surface area contributed by atoms with E-state index < -0.39 is 0 Å². The zero-order valence-electron chi connectivity index (χ0n) is 14.1. The molecule has 2 aliphatic heterocycles. The highest BCUT2D eigenvalue weighted by atomic mass is 35.5. The van der Waals surface area contributed by atoms with Crippen LogP contribution in [0.15, 0.2) is 24.3 Å². The summed E-state index contributed by atoms with van der Waals surface area (Å²) in [5.74, 6) is 0.0952. The summed E-state index contributed by atoms with van der Waals surface area (Å²) >= 11 is 0. The van der Waals surface area contributed by atoms with Crippen LogP contribution in [0.4, 0.5) is 5.69 Å². The van der Waals surface area contributed by atoms with Gasteiger partial charge in [0.1, 0.15) is 0 Å². The van der Waals surface area contributed by atoms with E-state index in [-0.39, 0.29) is 36.8 Å². The van der Waals surface area contributed by atoms with Crippen LogP contribution < -0.4 is 10.6 Å². The number of nitrogens with zero attached hydrogens (tertiary/aromatic N) is 1. The lowest BCUT2D eigenvalue weighted by atomic mass is 10.1. The van der Waals surface area contributed by atoms with Gasteiger partial charge in [-0.25, -0.2) is 0 Å². The van der Waals surface area contributed by atoms with Gasteiger partial charge in [0.2, 0.25) is 5.91 Å². The van der Waals surface area contributed by atoms with Crippen molar-refractivity contribution in [3.8, 4) is 0 Å². The molecule has 6 heteroatoms. The standard InChI is InChI=1S/C18H27N3O.2ClH/c22-18(17-6-5-11-19-17)20-16-9-7-15(8-10-16)14-21-12-3-1-2-4-13-21;;/h7-10,17,19H,1-6,11-14H2,(H,20,22);2*1H. The summed E-state index contributed by atoms with van der Waals surface area (Å²) < 4.78 is 0. The number of amides is 1. The molecule has 1 unspecified atom stereocenters. The lowest BCUT2D eigenvalue weighted by Gasteiger charge is -2.20. The summed E-state index contributed by atoms with van der Waals surface area (Å²) in [5.41, 5.74) is 2.23. The molecule has 0 aliphatic carbocycles. The van der Waals surface area contributed by atoms with Crippen LogP contribution in [0.1, 0.15) is 44.1 Å². The summed E-state index contributed by atoms with van der Waals surface area (Å²) in [5, 5.41) is 6.24. The number of likely N-dealkylation sites (tertiary alicyclic amines) is 1. The van der Waals surface area contributed by atoms with Gasteiger partial charge in [-0.1, -0.05) is 25.0 Å². The summed E-state index contributed by atoms with van der Waals surface area (Å²) in [6, 6.07) is 8.32. The molecule has 0 saturated carbocycles. The van der Waals surface area contributed by atoms with Crippen molar-refractivity contribution in [2.45, 2.75) is 51.1 Å². The maximum atomic E-state index is 12.1. The largest absolute Gasteiger partial charge is 0.325 e. The molecule has 1 amide bonds. The number of hydrogen-bond acceptors (Lipinski definition) is 3. The van der Waals surface area contributed by atoms with Crippen LogP contribution in [0, 0.1) is 0 Å². The zero-order chi connectivity index (χ0) is 15.2. The number of nitrogens with one attached hydrogen (secondary N) is 2. The fraction of sp³-hybridized carbons (Fsp3) is 0.611. The van der Waals surface area contributed by atoms with Gasteiger partial charge < -0.3 is 10.6 Å². The monoisotopic (exact) mass is 373 g/mol. The van der Waals surface area contributed by atoms with Gasteiger partial charge in [0, 0.05) is 12.2 Å². The second-order valence-corrected chi connectivity index (χ2v) is 6.53. The van der Waals surface area contributed by atoms with Crippen molar-refractivity contribution in [2.75, 3.05) is 25.0 Å². The van der Waals surface area contributed by atoms with E-state index >= 15 is 0 Å². The Hall–Kier alpha value is -0.810. The van der Waals surface area contributed by atoms with Crippen molar-refractivity contribution >= 4 is 36.4 Å². The number of benzene rings is 1. The highest BCUT2D eigenvalue weighted by molar-refractivity contribution is 5.95. The predicted octanol–water partition coefficient (Wildman–Crippen LogP) is 3.60. The molecule has 4 nitrogen and oxygen atoms in total. The summed E-state index contributed by atoms with van der Waals surface area (Å²) in [7, 11) is 0. The van der Waals surface area contributed by atoms with Crippen LogP contribution in [0.3, 0.4) is 0 Å². The average Bonchev–Trinajstić information content (AvgIpc) is 2.95. The molecule has 2 saturated heterocycles. The Balaban J connectivity index is 0.00000144. The van der Waals surface area contributed by atoms with Crippen LogP contribution in [-0.4, -0.2) is 36.5 Å². The average molecular weight is 374 g/mol. The Bertz CT molecular complexity index is 482. The lowest BCUT2D eigenvalue weighted by Crippen LogP contribution is -2.35. The molecular weight excluding hydrogens is 345 g/mol. The van der Waals surface area contributed by atoms with E-state index in [1.807, 2.05) is 12.1 Å². The first kappa shape index (κ1) is 21.2. The Morgan fingerprint density at radius 3 is 2.29 bits per heavy atom. The molecule has 2 N–H and O–H groups in total. The number of carbonyl (C=O) groups is 1. The van der Waals surface area contributed by atoms with E-state index in [2.05, 4.69) is 27.7 Å². The minimum atomic E-state index is -0.0169. The Labute approximate surface area is 157 Å². The molecule has 0 bridgehead atoms. The molecule has 2 heterocycles. The highest BCUT2D eigenvalue weighted by Gasteiger charge is 2.21. The molecule has 0 spiro atoms. The SMILES string of the molecule is Cl.Cl.O=C(Nc1ccc(CN2CCCCCC2)cc1)C1CCCN1. The van der Waals surface area contributed by atoms with Crippen LogP contribution in [-0.2, 0) is 11.3 Å². The first-order chi connectivity index (χ1) is 10.8. The third-order valence-electron chi connectivity index (χ3n) is 4.70. The predicted molar refractivity (Wildman–Crippen MR) is 104 cm³/mol. The van der Waals surface area contributed by atoms with Crippen LogP contribution >= 0.6 is 24.8 Å². The zero-order valence-corrected chi connectivity index (χ0v) is 15.8. The van der Waals surface area contributed by atoms with Crippen molar-refractivity contribution in [2.24, 2.45) is 0 Å². The fourth-order valence-corrected chi connectivity index (χ4v) is 3.38. The molecule has 2 fully saturated rings. The molecular formula is C18H29Cl2N3O. The summed E-state index contributed by atoms with van der Waals surface area (Å²) in [4.78, 5) is 14.6. The van der Waals surface area contributed by atoms with Gasteiger partial charge in [0.15, 0.2) is 0 Å². The van der Waals surface area contributed by atoms with Crippen molar-refractivity contribution in [1.29, 1.82) is 0 Å². The first-order valence-corrected chi connectivity index (χ1v) is 8.67. The Kier molecular flexibility index (Phi) is 9.67. The van der Waals surface area contributed by atoms with Gasteiger partial charge in [-0.2, -0.15) is 0 Å². The maximum absolute atomic E-state index is 12.1. The number of carbonyl (C=O) groups excluding carboxylic acids is 1. The smallest absolute Gasteiger partial charge is 0.241 e. The molecule has 24 heavy (non-hydrogen) atoms. The van der Waals surface area contributed by atoms with Gasteiger partial charge in [0.25, 0.3) is 0 Å². The van der Waals surface area contributed by atoms with Gasteiger partial charge >= 0.3 is 0 Å². The fourth-order valence-electron chi connectivity index (χ4n) is 3.38. The van der Waals surface area contributed by atoms with E-state index in [0.29, 0.717) is 0 Å². The van der Waals surface area contributed by atoms with Gasteiger partial charge in [0.05, 0.1) is 6.04 Å². The number of hydrogen-bond donors (Lipinski definition) is 2. The second kappa shape index (κ2) is 10.9. The van der Waals surface area contributed by atoms with Gasteiger partial charge in [-0.05, 0) is 63.0 Å². The van der Waals surface area contributed by atoms with Crippen LogP contribution in [0.5, 0.6) is 0 Å². The van der Waals surface area contributed by atoms with Crippen molar-refractivity contribution in [1.82, 2.24) is 10.2 Å². The summed E-state index contributed by atoms with van der Waals surface area (Å²) in [6.07, 6.45) is 7.42. The maximum Gasteiger partial charge on any atom is 0.241 e. The van der Waals surface area contributed by atoms with Gasteiger partial charge in [-0.3, -0.25) is 9.69 Å². The van der Waals surface area contributed by atoms with Crippen LogP contribution in [0.2, 0.25) is 0 Å². The minimum absolute atomic E-state index is 0. The second-order valence-electron chi connectivity index (χ2n) is 6.53. The van der Waals surface area contributed by atoms with Crippen LogP contribution in [0.25, 0.3) is 0 Å². The van der Waals surface area contributed by atoms with Gasteiger partial charge in [-0.15, -0.1) is 24.8 Å². The van der Waals surface area contributed by atoms with Crippen molar-refractivity contribution in [3.05, 3.63) is 29.8 Å². The molecule has 2 aliphatic rings. The lowest BCUT2D eigenvalue weighted by molar-refractivity contribution is -0.117. The topological polar surface area (TPSA) is 44.4 Å². The first-order valence-electron chi connectivity index (χ1n) is 8.67. The third-order valence-corrected chi connectivity index (χ3v) is 4.70. The van der Waals surface area contributed by atoms with Crippen molar-refractivity contribution < 1.29 is 4.79 Å². The highest BCUT2D eigenvalue weighted by Crippen LogP contribution is 2.16. The Morgan fingerprint density at radius 2 is 1.71 bits per heavy atom. The molecule has 136 valence electrons. The molecule has 1 atom stereocenters.